The number of carbonyl (C=O) groups is 2. The molecule has 8 heteroatoms. The summed E-state index contributed by atoms with van der Waals surface area (Å²) in [5.74, 6) is 0.449. The topological polar surface area (TPSA) is 79.0 Å². The van der Waals surface area contributed by atoms with Gasteiger partial charge in [-0.05, 0) is 54.3 Å². The molecule has 2 aliphatic heterocycles. The minimum atomic E-state index is -0.486. The van der Waals surface area contributed by atoms with Crippen molar-refractivity contribution in [1.82, 2.24) is 4.90 Å². The first-order valence-electron chi connectivity index (χ1n) is 11.1. The average molecular weight is 487 g/mol. The smallest absolute Gasteiger partial charge is 0.232 e. The van der Waals surface area contributed by atoms with E-state index in [-0.39, 0.29) is 29.6 Å². The van der Waals surface area contributed by atoms with Crippen molar-refractivity contribution < 1.29 is 9.59 Å². The second kappa shape index (κ2) is 8.99. The number of amides is 2. The zero-order chi connectivity index (χ0) is 23.9. The summed E-state index contributed by atoms with van der Waals surface area (Å²) in [5, 5.41) is 1.12. The van der Waals surface area contributed by atoms with Gasteiger partial charge in [-0.2, -0.15) is 0 Å². The number of guanidine groups is 1. The highest BCUT2D eigenvalue weighted by Crippen LogP contribution is 2.35. The molecule has 2 unspecified atom stereocenters. The van der Waals surface area contributed by atoms with Gasteiger partial charge < -0.3 is 10.6 Å². The van der Waals surface area contributed by atoms with Gasteiger partial charge in [-0.25, -0.2) is 4.99 Å². The van der Waals surface area contributed by atoms with Crippen LogP contribution in [0.2, 0.25) is 10.0 Å². The second-order valence-electron chi connectivity index (χ2n) is 9.42. The zero-order valence-electron chi connectivity index (χ0n) is 19.0. The lowest BCUT2D eigenvalue weighted by Gasteiger charge is -2.37. The average Bonchev–Trinajstić information content (AvgIpc) is 3.12. The summed E-state index contributed by atoms with van der Waals surface area (Å²) in [6.07, 6.45) is 0.707. The largest absolute Gasteiger partial charge is 0.369 e. The molecule has 0 aromatic heterocycles. The first kappa shape index (κ1) is 23.6. The summed E-state index contributed by atoms with van der Waals surface area (Å²) in [4.78, 5) is 33.6. The number of hydrogen-bond donors (Lipinski definition) is 1. The molecule has 174 valence electrons. The molecule has 1 fully saturated rings. The second-order valence-corrected chi connectivity index (χ2v) is 10.3. The van der Waals surface area contributed by atoms with Gasteiger partial charge in [0.15, 0.2) is 5.96 Å². The maximum atomic E-state index is 12.9. The quantitative estimate of drug-likeness (QED) is 0.647. The standard InChI is InChI=1S/C25H28Cl2N4O2/c1-15(2)25(3)12-23(33)31(24(28)29-25)13-16-5-4-6-21(7-16)30-14-18(10-22(30)32)17-8-19(26)11-20(27)9-17/h4-9,11,15,18H,10,12-14H2,1-3H3,(H2,28,29). The third kappa shape index (κ3) is 4.87. The summed E-state index contributed by atoms with van der Waals surface area (Å²) >= 11 is 12.3. The van der Waals surface area contributed by atoms with E-state index in [1.165, 1.54) is 4.90 Å². The van der Waals surface area contributed by atoms with E-state index in [9.17, 15) is 9.59 Å². The van der Waals surface area contributed by atoms with E-state index in [2.05, 4.69) is 4.99 Å². The van der Waals surface area contributed by atoms with Gasteiger partial charge in [-0.15, -0.1) is 0 Å². The molecule has 0 spiro atoms. The summed E-state index contributed by atoms with van der Waals surface area (Å²) < 4.78 is 0. The highest BCUT2D eigenvalue weighted by atomic mass is 35.5. The van der Waals surface area contributed by atoms with Gasteiger partial charge in [0, 0.05) is 34.6 Å². The van der Waals surface area contributed by atoms with E-state index >= 15 is 0 Å². The van der Waals surface area contributed by atoms with Crippen LogP contribution in [0.3, 0.4) is 0 Å². The fourth-order valence-electron chi connectivity index (χ4n) is 4.39. The van der Waals surface area contributed by atoms with Crippen molar-refractivity contribution in [2.45, 2.75) is 51.6 Å². The number of rotatable bonds is 5. The molecule has 0 radical (unpaired) electrons. The number of aliphatic imine (C=N–C) groups is 1. The van der Waals surface area contributed by atoms with Crippen molar-refractivity contribution in [2.75, 3.05) is 11.4 Å². The van der Waals surface area contributed by atoms with E-state index in [0.717, 1.165) is 16.8 Å². The Morgan fingerprint density at radius 1 is 1.12 bits per heavy atom. The number of halogens is 2. The zero-order valence-corrected chi connectivity index (χ0v) is 20.5. The van der Waals surface area contributed by atoms with Crippen molar-refractivity contribution in [3.63, 3.8) is 0 Å². The predicted molar refractivity (Wildman–Crippen MR) is 133 cm³/mol. The van der Waals surface area contributed by atoms with Gasteiger partial charge in [0.05, 0.1) is 18.5 Å². The van der Waals surface area contributed by atoms with Crippen molar-refractivity contribution >= 4 is 46.7 Å². The van der Waals surface area contributed by atoms with Gasteiger partial charge in [0.1, 0.15) is 0 Å². The lowest BCUT2D eigenvalue weighted by Crippen LogP contribution is -2.51. The fourth-order valence-corrected chi connectivity index (χ4v) is 4.93. The van der Waals surface area contributed by atoms with Crippen molar-refractivity contribution in [3.8, 4) is 0 Å². The Balaban J connectivity index is 1.53. The first-order chi connectivity index (χ1) is 15.6. The summed E-state index contributed by atoms with van der Waals surface area (Å²) in [6.45, 7) is 6.90. The van der Waals surface area contributed by atoms with Crippen LogP contribution >= 0.6 is 23.2 Å². The third-order valence-corrected chi connectivity index (χ3v) is 7.18. The Morgan fingerprint density at radius 2 is 1.82 bits per heavy atom. The Morgan fingerprint density at radius 3 is 2.45 bits per heavy atom. The molecule has 2 amide bonds. The van der Waals surface area contributed by atoms with Crippen LogP contribution in [0.25, 0.3) is 0 Å². The highest BCUT2D eigenvalue weighted by molar-refractivity contribution is 6.34. The van der Waals surface area contributed by atoms with Gasteiger partial charge in [-0.3, -0.25) is 14.5 Å². The molecular weight excluding hydrogens is 459 g/mol. The monoisotopic (exact) mass is 486 g/mol. The van der Waals surface area contributed by atoms with Gasteiger partial charge in [-0.1, -0.05) is 49.2 Å². The van der Waals surface area contributed by atoms with Gasteiger partial charge in [0.25, 0.3) is 0 Å². The van der Waals surface area contributed by atoms with Crippen LogP contribution in [0.15, 0.2) is 47.5 Å². The van der Waals surface area contributed by atoms with E-state index in [1.807, 2.05) is 57.2 Å². The van der Waals surface area contributed by atoms with Crippen molar-refractivity contribution in [2.24, 2.45) is 16.6 Å². The lowest BCUT2D eigenvalue weighted by molar-refractivity contribution is -0.130. The predicted octanol–water partition coefficient (Wildman–Crippen LogP) is 4.98. The summed E-state index contributed by atoms with van der Waals surface area (Å²) in [6, 6.07) is 13.1. The number of hydrogen-bond acceptors (Lipinski definition) is 4. The van der Waals surface area contributed by atoms with Crippen LogP contribution in [0.4, 0.5) is 5.69 Å². The molecule has 0 bridgehead atoms. The van der Waals surface area contributed by atoms with Crippen molar-refractivity contribution in [1.29, 1.82) is 0 Å². The number of anilines is 1. The van der Waals surface area contributed by atoms with Crippen LogP contribution in [0.1, 0.15) is 50.7 Å². The minimum Gasteiger partial charge on any atom is -0.369 e. The van der Waals surface area contributed by atoms with Crippen molar-refractivity contribution in [3.05, 3.63) is 63.6 Å². The minimum absolute atomic E-state index is 0.0116. The Labute approximate surface area is 204 Å². The Bertz CT molecular complexity index is 1110. The van der Waals surface area contributed by atoms with E-state index in [0.29, 0.717) is 36.0 Å². The first-order valence-corrected chi connectivity index (χ1v) is 11.8. The van der Waals surface area contributed by atoms with E-state index in [1.54, 1.807) is 11.0 Å². The molecule has 4 rings (SSSR count). The third-order valence-electron chi connectivity index (χ3n) is 6.74. The lowest BCUT2D eigenvalue weighted by atomic mass is 9.84. The number of nitrogens with zero attached hydrogens (tertiary/aromatic N) is 3. The van der Waals surface area contributed by atoms with Gasteiger partial charge >= 0.3 is 0 Å². The Hall–Kier alpha value is -2.57. The molecular formula is C25H28Cl2N4O2. The number of carbonyl (C=O) groups excluding carboxylic acids is 2. The molecule has 2 aromatic carbocycles. The number of nitrogens with two attached hydrogens (primary N) is 1. The molecule has 0 saturated carbocycles. The van der Waals surface area contributed by atoms with Crippen LogP contribution in [0, 0.1) is 5.92 Å². The summed E-state index contributed by atoms with van der Waals surface area (Å²) in [5.41, 5.74) is 8.33. The summed E-state index contributed by atoms with van der Waals surface area (Å²) in [7, 11) is 0. The maximum Gasteiger partial charge on any atom is 0.232 e. The van der Waals surface area contributed by atoms with E-state index < -0.39 is 5.54 Å². The SMILES string of the molecule is CC(C)C1(C)CC(=O)N(Cc2cccc(N3CC(c4cc(Cl)cc(Cl)c4)CC3=O)c2)C(N)=N1. The number of benzene rings is 2. The molecule has 0 aliphatic carbocycles. The Kier molecular flexibility index (Phi) is 6.43. The molecule has 2 heterocycles. The molecule has 2 N–H and O–H groups in total. The normalized spacial score (nSPS) is 23.5. The van der Waals surface area contributed by atoms with Crippen LogP contribution < -0.4 is 10.6 Å². The van der Waals surface area contributed by atoms with E-state index in [4.69, 9.17) is 28.9 Å². The molecule has 2 aromatic rings. The molecule has 1 saturated heterocycles. The maximum absolute atomic E-state index is 12.9. The molecule has 6 nitrogen and oxygen atoms in total. The van der Waals surface area contributed by atoms with Crippen LogP contribution in [-0.4, -0.2) is 34.8 Å². The highest BCUT2D eigenvalue weighted by Gasteiger charge is 2.38. The van der Waals surface area contributed by atoms with Crippen LogP contribution in [0.5, 0.6) is 0 Å². The van der Waals surface area contributed by atoms with Gasteiger partial charge in [0.2, 0.25) is 11.8 Å². The molecule has 2 atom stereocenters. The molecule has 33 heavy (non-hydrogen) atoms. The molecule has 2 aliphatic rings. The fraction of sp³-hybridized carbons (Fsp3) is 0.400. The van der Waals surface area contributed by atoms with Crippen LogP contribution in [-0.2, 0) is 16.1 Å².